The molecule has 1 aromatic heterocycles. The number of nitrogens with one attached hydrogen (secondary N) is 1. The predicted octanol–water partition coefficient (Wildman–Crippen LogP) is 3.85. The molecule has 1 saturated carbocycles. The molecule has 0 saturated heterocycles. The lowest BCUT2D eigenvalue weighted by molar-refractivity contribution is -0.141. The second kappa shape index (κ2) is 5.53. The lowest BCUT2D eigenvalue weighted by Crippen LogP contribution is -2.42. The second-order valence-electron chi connectivity index (χ2n) is 4.90. The van der Waals surface area contributed by atoms with Crippen LogP contribution in [0.1, 0.15) is 37.8 Å². The zero-order valence-corrected chi connectivity index (χ0v) is 11.1. The first-order chi connectivity index (χ1) is 8.95. The van der Waals surface area contributed by atoms with Crippen molar-refractivity contribution in [2.24, 2.45) is 0 Å². The first kappa shape index (κ1) is 14.4. The largest absolute Gasteiger partial charge is 0.435 e. The fourth-order valence-corrected chi connectivity index (χ4v) is 2.68. The molecule has 1 fully saturated rings. The smallest absolute Gasteiger partial charge is 0.362 e. The van der Waals surface area contributed by atoms with Crippen LogP contribution in [0.2, 0.25) is 0 Å². The van der Waals surface area contributed by atoms with Gasteiger partial charge < -0.3 is 5.32 Å². The number of halogens is 4. The average molecular weight is 294 g/mol. The Morgan fingerprint density at radius 1 is 1.16 bits per heavy atom. The van der Waals surface area contributed by atoms with Crippen molar-refractivity contribution in [1.82, 2.24) is 10.2 Å². The van der Waals surface area contributed by atoms with E-state index in [4.69, 9.17) is 11.6 Å². The van der Waals surface area contributed by atoms with Crippen molar-refractivity contribution in [3.63, 3.8) is 0 Å². The van der Waals surface area contributed by atoms with Gasteiger partial charge in [-0.1, -0.05) is 19.3 Å². The van der Waals surface area contributed by atoms with Crippen molar-refractivity contribution in [2.45, 2.75) is 43.8 Å². The van der Waals surface area contributed by atoms with E-state index in [1.54, 1.807) is 0 Å². The third-order valence-corrected chi connectivity index (χ3v) is 3.93. The van der Waals surface area contributed by atoms with E-state index in [2.05, 4.69) is 15.5 Å². The molecule has 1 aliphatic rings. The number of aromatic nitrogens is 2. The molecule has 1 N–H and O–H groups in total. The SMILES string of the molecule is FC(F)(F)c1ccc(NC2(CCl)CCCCC2)nn1. The Morgan fingerprint density at radius 2 is 1.84 bits per heavy atom. The number of hydrogen-bond donors (Lipinski definition) is 1. The van der Waals surface area contributed by atoms with E-state index in [0.29, 0.717) is 11.7 Å². The van der Waals surface area contributed by atoms with Gasteiger partial charge in [-0.15, -0.1) is 21.8 Å². The summed E-state index contributed by atoms with van der Waals surface area (Å²) in [7, 11) is 0. The van der Waals surface area contributed by atoms with Crippen molar-refractivity contribution in [2.75, 3.05) is 11.2 Å². The average Bonchev–Trinajstić information content (AvgIpc) is 2.39. The van der Waals surface area contributed by atoms with Crippen LogP contribution in [0.5, 0.6) is 0 Å². The Balaban J connectivity index is 2.10. The first-order valence-corrected chi connectivity index (χ1v) is 6.74. The van der Waals surface area contributed by atoms with Gasteiger partial charge in [0.05, 0.1) is 5.54 Å². The zero-order chi connectivity index (χ0) is 13.9. The molecule has 2 rings (SSSR count). The maximum atomic E-state index is 12.4. The normalized spacial score (nSPS) is 19.2. The summed E-state index contributed by atoms with van der Waals surface area (Å²) in [5.74, 6) is 0.756. The van der Waals surface area contributed by atoms with Crippen LogP contribution in [0.25, 0.3) is 0 Å². The van der Waals surface area contributed by atoms with Crippen molar-refractivity contribution < 1.29 is 13.2 Å². The van der Waals surface area contributed by atoms with Gasteiger partial charge in [0.2, 0.25) is 0 Å². The Labute approximate surface area is 114 Å². The van der Waals surface area contributed by atoms with Gasteiger partial charge >= 0.3 is 6.18 Å². The Bertz CT molecular complexity index is 413. The first-order valence-electron chi connectivity index (χ1n) is 6.20. The molecule has 3 nitrogen and oxygen atoms in total. The molecular formula is C12H15ClF3N3. The van der Waals surface area contributed by atoms with Gasteiger partial charge in [0.1, 0.15) is 5.82 Å². The van der Waals surface area contributed by atoms with Crippen LogP contribution in [-0.4, -0.2) is 21.6 Å². The molecule has 0 bridgehead atoms. The summed E-state index contributed by atoms with van der Waals surface area (Å²) in [6, 6.07) is 2.23. The van der Waals surface area contributed by atoms with E-state index < -0.39 is 11.9 Å². The monoisotopic (exact) mass is 293 g/mol. The molecule has 0 atom stereocenters. The topological polar surface area (TPSA) is 37.8 Å². The molecule has 0 unspecified atom stereocenters. The van der Waals surface area contributed by atoms with E-state index >= 15 is 0 Å². The Morgan fingerprint density at radius 3 is 2.32 bits per heavy atom. The highest BCUT2D eigenvalue weighted by atomic mass is 35.5. The highest BCUT2D eigenvalue weighted by Crippen LogP contribution is 2.33. The maximum Gasteiger partial charge on any atom is 0.435 e. The molecule has 0 aliphatic heterocycles. The molecule has 1 aliphatic carbocycles. The summed E-state index contributed by atoms with van der Waals surface area (Å²) >= 11 is 6.00. The van der Waals surface area contributed by atoms with Crippen LogP contribution in [0.4, 0.5) is 19.0 Å². The Hall–Kier alpha value is -1.04. The summed E-state index contributed by atoms with van der Waals surface area (Å²) < 4.78 is 37.1. The quantitative estimate of drug-likeness (QED) is 0.860. The molecule has 0 spiro atoms. The van der Waals surface area contributed by atoms with Gasteiger partial charge in [-0.3, -0.25) is 0 Å². The van der Waals surface area contributed by atoms with Gasteiger partial charge in [0.25, 0.3) is 0 Å². The van der Waals surface area contributed by atoms with Crippen molar-refractivity contribution in [3.8, 4) is 0 Å². The molecule has 0 aromatic carbocycles. The number of alkyl halides is 4. The number of nitrogens with zero attached hydrogens (tertiary/aromatic N) is 2. The number of hydrogen-bond acceptors (Lipinski definition) is 3. The van der Waals surface area contributed by atoms with Crippen molar-refractivity contribution in [1.29, 1.82) is 0 Å². The fourth-order valence-electron chi connectivity index (χ4n) is 2.34. The molecular weight excluding hydrogens is 279 g/mol. The minimum absolute atomic E-state index is 0.270. The third-order valence-electron chi connectivity index (χ3n) is 3.41. The van der Waals surface area contributed by atoms with Crippen molar-refractivity contribution in [3.05, 3.63) is 17.8 Å². The van der Waals surface area contributed by atoms with Gasteiger partial charge in [-0.2, -0.15) is 13.2 Å². The maximum absolute atomic E-state index is 12.4. The molecule has 106 valence electrons. The zero-order valence-electron chi connectivity index (χ0n) is 10.3. The fraction of sp³-hybridized carbons (Fsp3) is 0.667. The summed E-state index contributed by atoms with van der Waals surface area (Å²) in [5.41, 5.74) is -1.25. The summed E-state index contributed by atoms with van der Waals surface area (Å²) in [6.45, 7) is 0. The minimum atomic E-state index is -4.46. The molecule has 0 amide bonds. The van der Waals surface area contributed by atoms with E-state index in [-0.39, 0.29) is 5.54 Å². The summed E-state index contributed by atoms with van der Waals surface area (Å²) in [4.78, 5) is 0. The Kier molecular flexibility index (Phi) is 4.18. The van der Waals surface area contributed by atoms with Gasteiger partial charge in [-0.05, 0) is 25.0 Å². The van der Waals surface area contributed by atoms with Crippen LogP contribution in [0.15, 0.2) is 12.1 Å². The summed E-state index contributed by atoms with van der Waals surface area (Å²) in [5, 5.41) is 9.94. The summed E-state index contributed by atoms with van der Waals surface area (Å²) in [6.07, 6.45) is 0.638. The van der Waals surface area contributed by atoms with E-state index in [9.17, 15) is 13.2 Å². The van der Waals surface area contributed by atoms with Crippen molar-refractivity contribution >= 4 is 17.4 Å². The van der Waals surface area contributed by atoms with Crippen LogP contribution in [0.3, 0.4) is 0 Å². The van der Waals surface area contributed by atoms with Crippen LogP contribution >= 0.6 is 11.6 Å². The molecule has 1 aromatic rings. The van der Waals surface area contributed by atoms with Gasteiger partial charge in [-0.25, -0.2) is 0 Å². The minimum Gasteiger partial charge on any atom is -0.362 e. The van der Waals surface area contributed by atoms with E-state index in [1.165, 1.54) is 12.5 Å². The van der Waals surface area contributed by atoms with Crippen LogP contribution in [-0.2, 0) is 6.18 Å². The van der Waals surface area contributed by atoms with Crippen LogP contribution < -0.4 is 5.32 Å². The highest BCUT2D eigenvalue weighted by molar-refractivity contribution is 6.18. The highest BCUT2D eigenvalue weighted by Gasteiger charge is 2.34. The van der Waals surface area contributed by atoms with E-state index in [0.717, 1.165) is 31.7 Å². The lowest BCUT2D eigenvalue weighted by atomic mass is 9.83. The number of rotatable bonds is 3. The number of anilines is 1. The molecule has 7 heteroatoms. The van der Waals surface area contributed by atoms with Gasteiger partial charge in [0.15, 0.2) is 5.69 Å². The predicted molar refractivity (Wildman–Crippen MR) is 67.2 cm³/mol. The van der Waals surface area contributed by atoms with Crippen LogP contribution in [0, 0.1) is 0 Å². The van der Waals surface area contributed by atoms with Gasteiger partial charge in [0, 0.05) is 5.88 Å². The molecule has 19 heavy (non-hydrogen) atoms. The lowest BCUT2D eigenvalue weighted by Gasteiger charge is -2.36. The standard InChI is InChI=1S/C12H15ClF3N3/c13-8-11(6-2-1-3-7-11)17-10-5-4-9(18-19-10)12(14,15)16/h4-5H,1-3,6-8H2,(H,17,19). The van der Waals surface area contributed by atoms with E-state index in [1.807, 2.05) is 0 Å². The molecule has 0 radical (unpaired) electrons. The third kappa shape index (κ3) is 3.49. The molecule has 1 heterocycles. The second-order valence-corrected chi connectivity index (χ2v) is 5.17.